The van der Waals surface area contributed by atoms with Crippen molar-refractivity contribution in [3.63, 3.8) is 0 Å². The van der Waals surface area contributed by atoms with Gasteiger partial charge in [0.05, 0.1) is 9.72 Å². The van der Waals surface area contributed by atoms with E-state index >= 15 is 0 Å². The molecule has 0 radical (unpaired) electrons. The van der Waals surface area contributed by atoms with Gasteiger partial charge < -0.3 is 14.5 Å². The molecule has 0 aliphatic rings. The predicted molar refractivity (Wildman–Crippen MR) is 100 cm³/mol. The highest BCUT2D eigenvalue weighted by molar-refractivity contribution is 7.16. The molecular formula is C17H13Cl2NO4S. The van der Waals surface area contributed by atoms with Crippen molar-refractivity contribution in [1.29, 1.82) is 0 Å². The van der Waals surface area contributed by atoms with Gasteiger partial charge in [-0.3, -0.25) is 0 Å². The second-order valence-corrected chi connectivity index (χ2v) is 7.01. The molecule has 25 heavy (non-hydrogen) atoms. The van der Waals surface area contributed by atoms with Gasteiger partial charge in [-0.2, -0.15) is 0 Å². The highest BCUT2D eigenvalue weighted by atomic mass is 35.5. The SMILES string of the molecule is CCCNC(=O)Oc1cc(-c2ccc(Cl)cc2Cl)c2oc(=O)sc2c1. The molecule has 0 aliphatic carbocycles. The number of benzene rings is 2. The number of ether oxygens (including phenoxy) is 1. The lowest BCUT2D eigenvalue weighted by molar-refractivity contribution is 0.200. The van der Waals surface area contributed by atoms with Crippen LogP contribution in [-0.4, -0.2) is 12.6 Å². The van der Waals surface area contributed by atoms with Crippen LogP contribution in [0.4, 0.5) is 4.79 Å². The number of nitrogens with one attached hydrogen (secondary N) is 1. The second kappa shape index (κ2) is 7.47. The Hall–Kier alpha value is -2.02. The normalized spacial score (nSPS) is 10.8. The smallest absolute Gasteiger partial charge is 0.412 e. The highest BCUT2D eigenvalue weighted by Crippen LogP contribution is 2.38. The third-order valence-electron chi connectivity index (χ3n) is 3.36. The van der Waals surface area contributed by atoms with E-state index in [1.807, 2.05) is 6.92 Å². The molecule has 0 unspecified atom stereocenters. The zero-order valence-electron chi connectivity index (χ0n) is 13.1. The summed E-state index contributed by atoms with van der Waals surface area (Å²) in [5.41, 5.74) is 1.56. The molecule has 3 rings (SSSR count). The van der Waals surface area contributed by atoms with Crippen LogP contribution in [0.15, 0.2) is 39.5 Å². The summed E-state index contributed by atoms with van der Waals surface area (Å²) in [4.78, 5) is 23.0. The molecule has 130 valence electrons. The van der Waals surface area contributed by atoms with E-state index in [0.717, 1.165) is 17.8 Å². The maximum atomic E-state index is 11.8. The topological polar surface area (TPSA) is 68.5 Å². The van der Waals surface area contributed by atoms with Crippen LogP contribution in [0.5, 0.6) is 5.75 Å². The Balaban J connectivity index is 2.09. The molecular weight excluding hydrogens is 385 g/mol. The highest BCUT2D eigenvalue weighted by Gasteiger charge is 2.16. The second-order valence-electron chi connectivity index (χ2n) is 5.19. The van der Waals surface area contributed by atoms with Crippen LogP contribution in [0.2, 0.25) is 10.0 Å². The van der Waals surface area contributed by atoms with E-state index in [0.29, 0.717) is 43.7 Å². The maximum Gasteiger partial charge on any atom is 0.412 e. The van der Waals surface area contributed by atoms with Gasteiger partial charge in [0.1, 0.15) is 5.75 Å². The number of hydrogen-bond donors (Lipinski definition) is 1. The van der Waals surface area contributed by atoms with E-state index in [2.05, 4.69) is 5.32 Å². The van der Waals surface area contributed by atoms with Crippen molar-refractivity contribution in [3.8, 4) is 16.9 Å². The third kappa shape index (κ3) is 3.98. The number of carbonyl (C=O) groups excluding carboxylic acids is 1. The van der Waals surface area contributed by atoms with Crippen molar-refractivity contribution in [1.82, 2.24) is 5.32 Å². The Morgan fingerprint density at radius 1 is 1.24 bits per heavy atom. The van der Waals surface area contributed by atoms with E-state index in [4.69, 9.17) is 32.4 Å². The molecule has 1 amide bonds. The summed E-state index contributed by atoms with van der Waals surface area (Å²) in [5.74, 6) is 0.291. The molecule has 0 aliphatic heterocycles. The Kier molecular flexibility index (Phi) is 5.32. The Labute approximate surface area is 157 Å². The minimum Gasteiger partial charge on any atom is -0.413 e. The van der Waals surface area contributed by atoms with Crippen molar-refractivity contribution in [2.45, 2.75) is 13.3 Å². The monoisotopic (exact) mass is 397 g/mol. The molecule has 2 aromatic carbocycles. The lowest BCUT2D eigenvalue weighted by Gasteiger charge is -2.09. The van der Waals surface area contributed by atoms with Gasteiger partial charge in [0.15, 0.2) is 5.58 Å². The summed E-state index contributed by atoms with van der Waals surface area (Å²) in [6, 6.07) is 8.19. The zero-order valence-corrected chi connectivity index (χ0v) is 15.4. The summed E-state index contributed by atoms with van der Waals surface area (Å²) in [5, 5.41) is 3.51. The first-order valence-electron chi connectivity index (χ1n) is 7.46. The number of halogens is 2. The van der Waals surface area contributed by atoms with E-state index in [1.165, 1.54) is 0 Å². The van der Waals surface area contributed by atoms with Crippen LogP contribution in [0.1, 0.15) is 13.3 Å². The molecule has 0 bridgehead atoms. The molecule has 8 heteroatoms. The largest absolute Gasteiger partial charge is 0.413 e. The molecule has 1 N–H and O–H groups in total. The average Bonchev–Trinajstić information content (AvgIpc) is 2.92. The summed E-state index contributed by atoms with van der Waals surface area (Å²) in [6.07, 6.45) is 0.230. The van der Waals surface area contributed by atoms with E-state index < -0.39 is 11.0 Å². The Bertz CT molecular complexity index is 996. The van der Waals surface area contributed by atoms with Crippen LogP contribution < -0.4 is 15.0 Å². The van der Waals surface area contributed by atoms with Crippen LogP contribution in [-0.2, 0) is 0 Å². The van der Waals surface area contributed by atoms with Crippen molar-refractivity contribution in [2.75, 3.05) is 6.54 Å². The molecule has 0 spiro atoms. The van der Waals surface area contributed by atoms with Gasteiger partial charge in [-0.05, 0) is 24.6 Å². The Morgan fingerprint density at radius 2 is 2.04 bits per heavy atom. The number of carbonyl (C=O) groups is 1. The van der Waals surface area contributed by atoms with Gasteiger partial charge in [0, 0.05) is 28.8 Å². The number of rotatable bonds is 4. The van der Waals surface area contributed by atoms with E-state index in [-0.39, 0.29) is 0 Å². The standard InChI is InChI=1S/C17H13Cl2NO4S/c1-2-5-20-16(21)23-10-7-12(11-4-3-9(18)6-13(11)19)15-14(8-10)25-17(22)24-15/h3-4,6-8H,2,5H2,1H3,(H,20,21). The fourth-order valence-corrected chi connectivity index (χ4v) is 3.52. The van der Waals surface area contributed by atoms with Gasteiger partial charge in [0.25, 0.3) is 0 Å². The fourth-order valence-electron chi connectivity index (χ4n) is 2.29. The van der Waals surface area contributed by atoms with Gasteiger partial charge in [-0.25, -0.2) is 9.59 Å². The third-order valence-corrected chi connectivity index (χ3v) is 4.68. The zero-order chi connectivity index (χ0) is 18.0. The molecule has 5 nitrogen and oxygen atoms in total. The molecule has 0 atom stereocenters. The molecule has 0 saturated carbocycles. The van der Waals surface area contributed by atoms with Gasteiger partial charge in [0.2, 0.25) is 0 Å². The summed E-state index contributed by atoms with van der Waals surface area (Å²) >= 11 is 13.1. The fraction of sp³-hybridized carbons (Fsp3) is 0.176. The number of fused-ring (bicyclic) bond motifs is 1. The summed E-state index contributed by atoms with van der Waals surface area (Å²) in [7, 11) is 0. The van der Waals surface area contributed by atoms with Crippen LogP contribution in [0.25, 0.3) is 21.4 Å². The lowest BCUT2D eigenvalue weighted by Crippen LogP contribution is -2.27. The first-order valence-corrected chi connectivity index (χ1v) is 9.04. The van der Waals surface area contributed by atoms with E-state index in [1.54, 1.807) is 30.3 Å². The number of amides is 1. The van der Waals surface area contributed by atoms with Crippen molar-refractivity contribution in [2.24, 2.45) is 0 Å². The van der Waals surface area contributed by atoms with Gasteiger partial charge in [-0.1, -0.05) is 47.5 Å². The maximum absolute atomic E-state index is 11.8. The van der Waals surface area contributed by atoms with Crippen molar-refractivity contribution < 1.29 is 13.9 Å². The van der Waals surface area contributed by atoms with Gasteiger partial charge >= 0.3 is 11.0 Å². The van der Waals surface area contributed by atoms with Crippen molar-refractivity contribution in [3.05, 3.63) is 50.1 Å². The van der Waals surface area contributed by atoms with Crippen LogP contribution in [0, 0.1) is 0 Å². The van der Waals surface area contributed by atoms with Crippen LogP contribution in [0.3, 0.4) is 0 Å². The molecule has 1 heterocycles. The van der Waals surface area contributed by atoms with Crippen LogP contribution >= 0.6 is 34.5 Å². The molecule has 1 aromatic heterocycles. The predicted octanol–water partition coefficient (Wildman–Crippen LogP) is 5.33. The van der Waals surface area contributed by atoms with Gasteiger partial charge in [-0.15, -0.1) is 0 Å². The minimum absolute atomic E-state index is 0.291. The Morgan fingerprint density at radius 3 is 2.76 bits per heavy atom. The minimum atomic E-state index is -0.565. The molecule has 0 fully saturated rings. The van der Waals surface area contributed by atoms with E-state index in [9.17, 15) is 9.59 Å². The molecule has 3 aromatic rings. The first kappa shape index (κ1) is 17.8. The lowest BCUT2D eigenvalue weighted by atomic mass is 10.0. The number of hydrogen-bond acceptors (Lipinski definition) is 5. The summed E-state index contributed by atoms with van der Waals surface area (Å²) in [6.45, 7) is 2.45. The molecule has 0 saturated heterocycles. The average molecular weight is 398 g/mol. The summed E-state index contributed by atoms with van der Waals surface area (Å²) < 4.78 is 11.1. The quantitative estimate of drug-likeness (QED) is 0.645. The first-order chi connectivity index (χ1) is 12.0. The van der Waals surface area contributed by atoms with Crippen molar-refractivity contribution >= 4 is 50.9 Å².